The average Bonchev–Trinajstić information content (AvgIpc) is 3.07. The molecule has 1 aromatic carbocycles. The molecular formula is C16H20N6O4. The van der Waals surface area contributed by atoms with Gasteiger partial charge in [0, 0.05) is 5.54 Å². The summed E-state index contributed by atoms with van der Waals surface area (Å²) in [4.78, 5) is 35.7. The number of carbonyl (C=O) groups is 3. The number of aromatic nitrogens is 4. The fourth-order valence-electron chi connectivity index (χ4n) is 1.90. The summed E-state index contributed by atoms with van der Waals surface area (Å²) in [7, 11) is 0. The lowest BCUT2D eigenvalue weighted by molar-refractivity contribution is -0.127. The Morgan fingerprint density at radius 2 is 1.81 bits per heavy atom. The average molecular weight is 360 g/mol. The molecule has 0 fully saturated rings. The van der Waals surface area contributed by atoms with Crippen LogP contribution in [0.25, 0.3) is 5.69 Å². The number of nitrogens with one attached hydrogen (secondary N) is 2. The molecule has 10 nitrogen and oxygen atoms in total. The van der Waals surface area contributed by atoms with Gasteiger partial charge >= 0.3 is 12.0 Å². The Bertz CT molecular complexity index is 780. The van der Waals surface area contributed by atoms with Gasteiger partial charge in [-0.15, -0.1) is 5.10 Å². The van der Waals surface area contributed by atoms with Gasteiger partial charge in [0.25, 0.3) is 5.91 Å². The minimum absolute atomic E-state index is 0.251. The largest absolute Gasteiger partial charge is 0.449 e. The van der Waals surface area contributed by atoms with Crippen LogP contribution in [-0.4, -0.2) is 49.8 Å². The summed E-state index contributed by atoms with van der Waals surface area (Å²) >= 11 is 0. The van der Waals surface area contributed by atoms with E-state index in [1.54, 1.807) is 32.9 Å². The van der Waals surface area contributed by atoms with Crippen molar-refractivity contribution in [1.82, 2.24) is 30.8 Å². The first kappa shape index (κ1) is 19.0. The maximum absolute atomic E-state index is 12.1. The molecule has 2 aromatic rings. The van der Waals surface area contributed by atoms with Crippen LogP contribution in [0, 0.1) is 0 Å². The van der Waals surface area contributed by atoms with Gasteiger partial charge in [-0.3, -0.25) is 10.1 Å². The van der Waals surface area contributed by atoms with Crippen molar-refractivity contribution in [2.75, 3.05) is 0 Å². The molecule has 2 N–H and O–H groups in total. The zero-order valence-corrected chi connectivity index (χ0v) is 14.9. The van der Waals surface area contributed by atoms with Gasteiger partial charge in [-0.05, 0) is 62.4 Å². The number of esters is 1. The number of tetrazole rings is 1. The van der Waals surface area contributed by atoms with Gasteiger partial charge in [0.1, 0.15) is 6.33 Å². The molecule has 0 radical (unpaired) electrons. The smallest absolute Gasteiger partial charge is 0.338 e. The summed E-state index contributed by atoms with van der Waals surface area (Å²) in [6.07, 6.45) is 0.287. The van der Waals surface area contributed by atoms with E-state index in [0.29, 0.717) is 5.69 Å². The van der Waals surface area contributed by atoms with Crippen molar-refractivity contribution < 1.29 is 19.1 Å². The molecule has 3 amide bonds. The van der Waals surface area contributed by atoms with Crippen molar-refractivity contribution in [2.45, 2.75) is 39.3 Å². The Kier molecular flexibility index (Phi) is 5.65. The number of ether oxygens (including phenoxy) is 1. The number of amides is 3. The Hall–Kier alpha value is -3.30. The van der Waals surface area contributed by atoms with E-state index in [2.05, 4.69) is 26.2 Å². The zero-order chi connectivity index (χ0) is 19.3. The summed E-state index contributed by atoms with van der Waals surface area (Å²) < 4.78 is 6.51. The van der Waals surface area contributed by atoms with Crippen LogP contribution in [0.15, 0.2) is 30.6 Å². The van der Waals surface area contributed by atoms with Crippen molar-refractivity contribution in [3.05, 3.63) is 36.2 Å². The van der Waals surface area contributed by atoms with Gasteiger partial charge in [0.05, 0.1) is 11.3 Å². The van der Waals surface area contributed by atoms with Crippen LogP contribution in [0.1, 0.15) is 38.1 Å². The van der Waals surface area contributed by atoms with Gasteiger partial charge in [-0.1, -0.05) is 0 Å². The Morgan fingerprint density at radius 1 is 1.15 bits per heavy atom. The molecule has 26 heavy (non-hydrogen) atoms. The first-order valence-electron chi connectivity index (χ1n) is 7.83. The summed E-state index contributed by atoms with van der Waals surface area (Å²) in [5.41, 5.74) is 0.419. The van der Waals surface area contributed by atoms with Gasteiger partial charge in [0.2, 0.25) is 0 Å². The van der Waals surface area contributed by atoms with E-state index in [-0.39, 0.29) is 5.56 Å². The maximum Gasteiger partial charge on any atom is 0.338 e. The lowest BCUT2D eigenvalue weighted by Gasteiger charge is -2.21. The molecule has 2 rings (SSSR count). The maximum atomic E-state index is 12.1. The number of hydrogen-bond donors (Lipinski definition) is 2. The van der Waals surface area contributed by atoms with Crippen LogP contribution in [0.2, 0.25) is 0 Å². The topological polar surface area (TPSA) is 128 Å². The number of urea groups is 1. The second-order valence-corrected chi connectivity index (χ2v) is 6.54. The summed E-state index contributed by atoms with van der Waals surface area (Å²) in [6, 6.07) is 5.66. The van der Waals surface area contributed by atoms with E-state index in [1.807, 2.05) is 0 Å². The van der Waals surface area contributed by atoms with Crippen LogP contribution >= 0.6 is 0 Å². The Morgan fingerprint density at radius 3 is 2.35 bits per heavy atom. The first-order chi connectivity index (χ1) is 12.2. The molecular weight excluding hydrogens is 340 g/mol. The second-order valence-electron chi connectivity index (χ2n) is 6.54. The van der Waals surface area contributed by atoms with Crippen molar-refractivity contribution in [2.24, 2.45) is 0 Å². The summed E-state index contributed by atoms with van der Waals surface area (Å²) in [5, 5.41) is 15.5. The normalized spacial score (nSPS) is 12.2. The molecule has 0 aliphatic heterocycles. The molecule has 10 heteroatoms. The van der Waals surface area contributed by atoms with E-state index < -0.39 is 29.6 Å². The zero-order valence-electron chi connectivity index (χ0n) is 14.9. The lowest BCUT2D eigenvalue weighted by atomic mass is 10.1. The number of imide groups is 1. The van der Waals surface area contributed by atoms with Crippen molar-refractivity contribution >= 4 is 17.9 Å². The SMILES string of the molecule is C[C@@H](OC(=O)c1ccc(-n2cnnn2)cc1)C(=O)NC(=O)NC(C)(C)C. The lowest BCUT2D eigenvalue weighted by Crippen LogP contribution is -2.50. The van der Waals surface area contributed by atoms with Gasteiger partial charge in [-0.25, -0.2) is 14.3 Å². The van der Waals surface area contributed by atoms with Crippen LogP contribution in [0.4, 0.5) is 4.79 Å². The molecule has 1 aromatic heterocycles. The number of rotatable bonds is 4. The fraction of sp³-hybridized carbons (Fsp3) is 0.375. The van der Waals surface area contributed by atoms with Crippen LogP contribution < -0.4 is 10.6 Å². The molecule has 138 valence electrons. The highest BCUT2D eigenvalue weighted by molar-refractivity contribution is 5.98. The Balaban J connectivity index is 1.92. The molecule has 0 saturated heterocycles. The third-order valence-electron chi connectivity index (χ3n) is 3.09. The molecule has 0 aliphatic carbocycles. The van der Waals surface area contributed by atoms with Crippen molar-refractivity contribution in [1.29, 1.82) is 0 Å². The van der Waals surface area contributed by atoms with E-state index in [9.17, 15) is 14.4 Å². The van der Waals surface area contributed by atoms with Gasteiger partial charge in [0.15, 0.2) is 6.10 Å². The third-order valence-corrected chi connectivity index (χ3v) is 3.09. The van der Waals surface area contributed by atoms with E-state index in [0.717, 1.165) is 0 Å². The summed E-state index contributed by atoms with van der Waals surface area (Å²) in [6.45, 7) is 6.71. The second kappa shape index (κ2) is 7.72. The number of benzene rings is 1. The molecule has 0 bridgehead atoms. The van der Waals surface area contributed by atoms with Crippen LogP contribution in [0.3, 0.4) is 0 Å². The molecule has 0 saturated carbocycles. The van der Waals surface area contributed by atoms with Crippen molar-refractivity contribution in [3.8, 4) is 5.69 Å². The molecule has 0 spiro atoms. The van der Waals surface area contributed by atoms with Crippen LogP contribution in [-0.2, 0) is 9.53 Å². The summed E-state index contributed by atoms with van der Waals surface area (Å²) in [5.74, 6) is -1.41. The molecule has 0 unspecified atom stereocenters. The minimum atomic E-state index is -1.13. The van der Waals surface area contributed by atoms with E-state index in [4.69, 9.17) is 4.74 Å². The standard InChI is InChI=1S/C16H20N6O4/c1-10(13(23)18-15(25)19-16(2,3)4)26-14(24)11-5-7-12(8-6-11)22-9-17-20-21-22/h5-10H,1-4H3,(H2,18,19,23,25)/t10-/m1/s1. The molecule has 1 atom stereocenters. The van der Waals surface area contributed by atoms with E-state index >= 15 is 0 Å². The predicted octanol–water partition coefficient (Wildman–Crippen LogP) is 0.832. The van der Waals surface area contributed by atoms with Crippen molar-refractivity contribution in [3.63, 3.8) is 0 Å². The quantitative estimate of drug-likeness (QED) is 0.773. The predicted molar refractivity (Wildman–Crippen MR) is 90.5 cm³/mol. The van der Waals surface area contributed by atoms with E-state index in [1.165, 1.54) is 30.1 Å². The van der Waals surface area contributed by atoms with Gasteiger partial charge < -0.3 is 10.1 Å². The number of carbonyl (C=O) groups excluding carboxylic acids is 3. The third kappa shape index (κ3) is 5.36. The highest BCUT2D eigenvalue weighted by Gasteiger charge is 2.22. The van der Waals surface area contributed by atoms with Gasteiger partial charge in [-0.2, -0.15) is 0 Å². The molecule has 1 heterocycles. The molecule has 0 aliphatic rings. The number of hydrogen-bond acceptors (Lipinski definition) is 7. The minimum Gasteiger partial charge on any atom is -0.449 e. The monoisotopic (exact) mass is 360 g/mol. The fourth-order valence-corrected chi connectivity index (χ4v) is 1.90. The van der Waals surface area contributed by atoms with Crippen LogP contribution in [0.5, 0.6) is 0 Å². The highest BCUT2D eigenvalue weighted by atomic mass is 16.5. The first-order valence-corrected chi connectivity index (χ1v) is 7.83. The Labute approximate surface area is 149 Å². The highest BCUT2D eigenvalue weighted by Crippen LogP contribution is 2.10. The number of nitrogens with zero attached hydrogens (tertiary/aromatic N) is 4.